The molecule has 7 heteroatoms. The fraction of sp³-hybridized carbons (Fsp3) is 0.615. The van der Waals surface area contributed by atoms with Gasteiger partial charge in [-0.25, -0.2) is 4.79 Å². The third kappa shape index (κ3) is 3.36. The van der Waals surface area contributed by atoms with Gasteiger partial charge in [0, 0.05) is 12.5 Å². The predicted molar refractivity (Wildman–Crippen MR) is 71.3 cm³/mol. The van der Waals surface area contributed by atoms with Crippen LogP contribution in [0.4, 0.5) is 0 Å². The molecule has 0 unspecified atom stereocenters. The third-order valence-corrected chi connectivity index (χ3v) is 3.54. The molecule has 0 aliphatic carbocycles. The monoisotopic (exact) mass is 281 g/mol. The average Bonchev–Trinajstić information content (AvgIpc) is 2.66. The van der Waals surface area contributed by atoms with Gasteiger partial charge in [-0.3, -0.25) is 13.9 Å². The zero-order chi connectivity index (χ0) is 14.5. The number of fused-ring (bicyclic) bond motifs is 1. The number of nitrogens with two attached hydrogens (primary N) is 1. The molecule has 110 valence electrons. The predicted octanol–water partition coefficient (Wildman–Crippen LogP) is 0.852. The Kier molecular flexibility index (Phi) is 4.73. The summed E-state index contributed by atoms with van der Waals surface area (Å²) in [5, 5.41) is 12.5. The number of aliphatic carboxylic acids is 1. The van der Waals surface area contributed by atoms with Crippen molar-refractivity contribution in [3.63, 3.8) is 0 Å². The van der Waals surface area contributed by atoms with E-state index in [2.05, 4.69) is 5.16 Å². The van der Waals surface area contributed by atoms with Gasteiger partial charge >= 0.3 is 11.7 Å². The van der Waals surface area contributed by atoms with Crippen LogP contribution in [0.1, 0.15) is 44.0 Å². The van der Waals surface area contributed by atoms with Crippen LogP contribution in [0.2, 0.25) is 0 Å². The highest BCUT2D eigenvalue weighted by Gasteiger charge is 2.21. The molecule has 7 nitrogen and oxygen atoms in total. The maximum absolute atomic E-state index is 11.7. The Bertz CT molecular complexity index is 546. The molecule has 0 radical (unpaired) electrons. The van der Waals surface area contributed by atoms with Gasteiger partial charge in [-0.15, -0.1) is 0 Å². The molecule has 2 rings (SSSR count). The summed E-state index contributed by atoms with van der Waals surface area (Å²) in [5.41, 5.74) is 5.41. The molecule has 0 amide bonds. The number of hydrogen-bond donors (Lipinski definition) is 2. The molecule has 0 saturated carbocycles. The normalized spacial score (nSPS) is 20.6. The van der Waals surface area contributed by atoms with Crippen molar-refractivity contribution in [3.05, 3.63) is 28.5 Å². The van der Waals surface area contributed by atoms with Crippen molar-refractivity contribution < 1.29 is 14.4 Å². The van der Waals surface area contributed by atoms with Crippen molar-refractivity contribution in [2.45, 2.75) is 50.6 Å². The molecule has 3 N–H and O–H groups in total. The summed E-state index contributed by atoms with van der Waals surface area (Å²) in [7, 11) is 0. The quantitative estimate of drug-likeness (QED) is 0.774. The summed E-state index contributed by atoms with van der Waals surface area (Å²) < 4.78 is 6.33. The molecular weight excluding hydrogens is 262 g/mol. The van der Waals surface area contributed by atoms with Crippen LogP contribution >= 0.6 is 0 Å². The first kappa shape index (κ1) is 14.5. The topological polar surface area (TPSA) is 111 Å². The van der Waals surface area contributed by atoms with Gasteiger partial charge in [0.25, 0.3) is 0 Å². The number of aryl methyl sites for hydroxylation is 1. The molecule has 2 atom stereocenters. The van der Waals surface area contributed by atoms with Crippen molar-refractivity contribution in [1.82, 2.24) is 9.72 Å². The molecule has 1 aromatic heterocycles. The highest BCUT2D eigenvalue weighted by molar-refractivity contribution is 5.73. The second-order valence-corrected chi connectivity index (χ2v) is 5.02. The third-order valence-electron chi connectivity index (χ3n) is 3.54. The smallest absolute Gasteiger partial charge is 0.441 e. The molecule has 0 fully saturated rings. The molecule has 0 bridgehead atoms. The molecule has 1 aliphatic heterocycles. The summed E-state index contributed by atoms with van der Waals surface area (Å²) in [6.07, 6.45) is 8.25. The number of carboxylic acid groups (broad SMARTS) is 1. The second kappa shape index (κ2) is 6.51. The molecule has 0 spiro atoms. The number of carboxylic acids is 1. The van der Waals surface area contributed by atoms with E-state index >= 15 is 0 Å². The van der Waals surface area contributed by atoms with E-state index in [1.807, 2.05) is 6.08 Å². The largest absolute Gasteiger partial charge is 0.480 e. The number of hydrogen-bond acceptors (Lipinski definition) is 5. The van der Waals surface area contributed by atoms with Crippen LogP contribution < -0.4 is 11.5 Å². The second-order valence-electron chi connectivity index (χ2n) is 5.02. The average molecular weight is 281 g/mol. The number of rotatable bonds is 5. The fourth-order valence-corrected chi connectivity index (χ4v) is 2.42. The van der Waals surface area contributed by atoms with Gasteiger partial charge in [0.05, 0.1) is 0 Å². The van der Waals surface area contributed by atoms with E-state index in [9.17, 15) is 9.59 Å². The van der Waals surface area contributed by atoms with Gasteiger partial charge in [-0.2, -0.15) is 0 Å². The van der Waals surface area contributed by atoms with E-state index < -0.39 is 17.8 Å². The maximum Gasteiger partial charge on any atom is 0.441 e. The van der Waals surface area contributed by atoms with Crippen molar-refractivity contribution in [3.8, 4) is 0 Å². The van der Waals surface area contributed by atoms with Crippen molar-refractivity contribution >= 4 is 5.97 Å². The van der Waals surface area contributed by atoms with Crippen molar-refractivity contribution in [2.75, 3.05) is 0 Å². The van der Waals surface area contributed by atoms with E-state index in [0.29, 0.717) is 12.2 Å². The lowest BCUT2D eigenvalue weighted by Crippen LogP contribution is -2.29. The SMILES string of the molecule is N[C@@H](C/C=C\C[C@H]1CCCCc2noc(=O)n21)C(=O)O. The summed E-state index contributed by atoms with van der Waals surface area (Å²) in [6.45, 7) is 0. The Morgan fingerprint density at radius 2 is 2.35 bits per heavy atom. The first-order valence-corrected chi connectivity index (χ1v) is 6.80. The van der Waals surface area contributed by atoms with Gasteiger partial charge in [0.1, 0.15) is 6.04 Å². The van der Waals surface area contributed by atoms with Crippen LogP contribution in [0.3, 0.4) is 0 Å². The van der Waals surface area contributed by atoms with Crippen molar-refractivity contribution in [1.29, 1.82) is 0 Å². The molecule has 1 aromatic rings. The Morgan fingerprint density at radius 3 is 3.10 bits per heavy atom. The molecule has 20 heavy (non-hydrogen) atoms. The molecule has 2 heterocycles. The minimum atomic E-state index is -1.01. The van der Waals surface area contributed by atoms with Crippen LogP contribution in [-0.4, -0.2) is 26.8 Å². The van der Waals surface area contributed by atoms with E-state index in [1.54, 1.807) is 10.6 Å². The molecule has 1 aliphatic rings. The number of allylic oxidation sites excluding steroid dienone is 1. The van der Waals surface area contributed by atoms with Crippen LogP contribution in [-0.2, 0) is 11.2 Å². The van der Waals surface area contributed by atoms with E-state index in [-0.39, 0.29) is 12.5 Å². The fourth-order valence-electron chi connectivity index (χ4n) is 2.42. The number of nitrogens with zero attached hydrogens (tertiary/aromatic N) is 2. The van der Waals surface area contributed by atoms with Gasteiger partial charge in [0.15, 0.2) is 5.82 Å². The summed E-state index contributed by atoms with van der Waals surface area (Å²) in [6, 6.07) is -0.849. The first-order valence-electron chi connectivity index (χ1n) is 6.80. The van der Waals surface area contributed by atoms with Gasteiger partial charge in [-0.05, 0) is 25.7 Å². The van der Waals surface area contributed by atoms with Crippen LogP contribution in [0.25, 0.3) is 0 Å². The molecular formula is C13H19N3O4. The Morgan fingerprint density at radius 1 is 1.55 bits per heavy atom. The summed E-state index contributed by atoms with van der Waals surface area (Å²) >= 11 is 0. The molecule has 0 aromatic carbocycles. The lowest BCUT2D eigenvalue weighted by atomic mass is 10.1. The Labute approximate surface area is 116 Å². The van der Waals surface area contributed by atoms with Crippen LogP contribution in [0.15, 0.2) is 21.5 Å². The van der Waals surface area contributed by atoms with Crippen LogP contribution in [0, 0.1) is 0 Å². The number of carbonyl (C=O) groups is 1. The van der Waals surface area contributed by atoms with E-state index in [1.165, 1.54) is 0 Å². The van der Waals surface area contributed by atoms with Gasteiger partial charge < -0.3 is 10.8 Å². The van der Waals surface area contributed by atoms with E-state index in [0.717, 1.165) is 25.7 Å². The van der Waals surface area contributed by atoms with Crippen molar-refractivity contribution in [2.24, 2.45) is 5.73 Å². The minimum absolute atomic E-state index is 0.0311. The highest BCUT2D eigenvalue weighted by atomic mass is 16.5. The lowest BCUT2D eigenvalue weighted by molar-refractivity contribution is -0.138. The lowest BCUT2D eigenvalue weighted by Gasteiger charge is -2.13. The number of aromatic nitrogens is 2. The summed E-state index contributed by atoms with van der Waals surface area (Å²) in [5.74, 6) is -0.725. The zero-order valence-electron chi connectivity index (χ0n) is 11.2. The maximum atomic E-state index is 11.7. The van der Waals surface area contributed by atoms with Crippen LogP contribution in [0.5, 0.6) is 0 Å². The Balaban J connectivity index is 1.99. The zero-order valence-corrected chi connectivity index (χ0v) is 11.2. The Hall–Kier alpha value is -1.89. The highest BCUT2D eigenvalue weighted by Crippen LogP contribution is 2.24. The van der Waals surface area contributed by atoms with E-state index in [4.69, 9.17) is 15.4 Å². The molecule has 0 saturated heterocycles. The van der Waals surface area contributed by atoms with Gasteiger partial charge in [0.2, 0.25) is 0 Å². The van der Waals surface area contributed by atoms with Gasteiger partial charge in [-0.1, -0.05) is 23.7 Å². The first-order chi connectivity index (χ1) is 9.59. The standard InChI is InChI=1S/C13H19N3O4/c14-10(12(17)18)7-3-1-5-9-6-2-4-8-11-15-20-13(19)16(9)11/h1,3,9-10H,2,4-8,14H2,(H,17,18)/b3-1-/t9-,10-/m0/s1. The minimum Gasteiger partial charge on any atom is -0.480 e. The summed E-state index contributed by atoms with van der Waals surface area (Å²) in [4.78, 5) is 22.3.